The maximum absolute atomic E-state index is 12.8. The number of aromatic amines is 1. The third-order valence-corrected chi connectivity index (χ3v) is 6.63. The molecule has 0 saturated carbocycles. The van der Waals surface area contributed by atoms with E-state index >= 15 is 0 Å². The number of H-pyrrole nitrogens is 1. The molecule has 0 bridgehead atoms. The minimum Gasteiger partial charge on any atom is -0.493 e. The summed E-state index contributed by atoms with van der Waals surface area (Å²) in [5.74, 6) is -0.675. The Kier molecular flexibility index (Phi) is 5.60. The zero-order valence-electron chi connectivity index (χ0n) is 18.3. The molecule has 0 spiro atoms. The van der Waals surface area contributed by atoms with Gasteiger partial charge in [0.15, 0.2) is 0 Å². The Hall–Kier alpha value is -3.46. The molecule has 4 rings (SSSR count). The Balaban J connectivity index is 1.88. The summed E-state index contributed by atoms with van der Waals surface area (Å²) in [6, 6.07) is 7.05. The van der Waals surface area contributed by atoms with Gasteiger partial charge in [0, 0.05) is 17.7 Å². The number of nitrogens with one attached hydrogen (secondary N) is 1. The summed E-state index contributed by atoms with van der Waals surface area (Å²) >= 11 is 1.52. The Morgan fingerprint density at radius 3 is 2.50 bits per heavy atom. The van der Waals surface area contributed by atoms with Crippen molar-refractivity contribution in [2.75, 3.05) is 0 Å². The topological polar surface area (TPSA) is 108 Å². The average Bonchev–Trinajstić information content (AvgIpc) is 3.32. The van der Waals surface area contributed by atoms with Gasteiger partial charge >= 0.3 is 5.69 Å². The van der Waals surface area contributed by atoms with Crippen molar-refractivity contribution in [2.24, 2.45) is 5.10 Å². The molecule has 2 aromatic heterocycles. The van der Waals surface area contributed by atoms with Crippen LogP contribution >= 0.6 is 11.3 Å². The number of aryl methyl sites for hydroxylation is 3. The zero-order chi connectivity index (χ0) is 23.2. The Labute approximate surface area is 188 Å². The van der Waals surface area contributed by atoms with Crippen LogP contribution in [-0.2, 0) is 4.79 Å². The van der Waals surface area contributed by atoms with Crippen LogP contribution in [-0.4, -0.2) is 31.3 Å². The number of thiophene rings is 1. The van der Waals surface area contributed by atoms with Crippen LogP contribution in [0.2, 0.25) is 0 Å². The first-order chi connectivity index (χ1) is 15.2. The standard InChI is InChI=1S/C23H24N4O4S/c1-5-18(28)27-17(20-14(4)6-7-32-20)11-16(25-27)19-21(29)24-23(31)26(22(19)30)15-9-12(2)8-13(3)10-15/h6-10,17,30H,5,11H2,1-4H3,(H,24,29,31). The van der Waals surface area contributed by atoms with Crippen LogP contribution in [0.15, 0.2) is 44.3 Å². The van der Waals surface area contributed by atoms with Crippen molar-refractivity contribution < 1.29 is 9.90 Å². The van der Waals surface area contributed by atoms with Crippen molar-refractivity contribution in [2.45, 2.75) is 46.6 Å². The van der Waals surface area contributed by atoms with E-state index in [4.69, 9.17) is 0 Å². The van der Waals surface area contributed by atoms with E-state index in [-0.39, 0.29) is 36.1 Å². The highest BCUT2D eigenvalue weighted by Crippen LogP contribution is 2.38. The van der Waals surface area contributed by atoms with Crippen LogP contribution in [0.3, 0.4) is 0 Å². The third-order valence-electron chi connectivity index (χ3n) is 5.51. The number of carbonyl (C=O) groups excluding carboxylic acids is 1. The summed E-state index contributed by atoms with van der Waals surface area (Å²) in [4.78, 5) is 41.3. The second-order valence-corrected chi connectivity index (χ2v) is 8.91. The maximum Gasteiger partial charge on any atom is 0.335 e. The van der Waals surface area contributed by atoms with Crippen molar-refractivity contribution in [1.29, 1.82) is 0 Å². The number of aromatic nitrogens is 2. The highest BCUT2D eigenvalue weighted by molar-refractivity contribution is 7.10. The molecule has 9 heteroatoms. The van der Waals surface area contributed by atoms with Gasteiger partial charge in [-0.15, -0.1) is 11.3 Å². The molecule has 0 saturated heterocycles. The highest BCUT2D eigenvalue weighted by atomic mass is 32.1. The fraction of sp³-hybridized carbons (Fsp3) is 0.304. The number of hydrazone groups is 1. The molecule has 3 aromatic rings. The van der Waals surface area contributed by atoms with Crippen LogP contribution in [0.25, 0.3) is 5.69 Å². The molecule has 8 nitrogen and oxygen atoms in total. The zero-order valence-corrected chi connectivity index (χ0v) is 19.1. The van der Waals surface area contributed by atoms with Gasteiger partial charge in [-0.1, -0.05) is 13.0 Å². The quantitative estimate of drug-likeness (QED) is 0.633. The van der Waals surface area contributed by atoms with E-state index in [1.165, 1.54) is 16.3 Å². The minimum absolute atomic E-state index is 0.102. The molecule has 1 atom stereocenters. The van der Waals surface area contributed by atoms with Gasteiger partial charge in [-0.3, -0.25) is 14.6 Å². The second kappa shape index (κ2) is 8.23. The van der Waals surface area contributed by atoms with Crippen molar-refractivity contribution in [3.63, 3.8) is 0 Å². The van der Waals surface area contributed by atoms with Gasteiger partial charge in [-0.2, -0.15) is 5.10 Å². The van der Waals surface area contributed by atoms with E-state index in [1.54, 1.807) is 19.1 Å². The predicted octanol–water partition coefficient (Wildman–Crippen LogP) is 3.31. The molecular weight excluding hydrogens is 428 g/mol. The third kappa shape index (κ3) is 3.69. The van der Waals surface area contributed by atoms with E-state index in [2.05, 4.69) is 10.1 Å². The second-order valence-electron chi connectivity index (χ2n) is 7.97. The highest BCUT2D eigenvalue weighted by Gasteiger charge is 2.36. The average molecular weight is 453 g/mol. The number of rotatable bonds is 4. The summed E-state index contributed by atoms with van der Waals surface area (Å²) in [7, 11) is 0. The first kappa shape index (κ1) is 21.8. The van der Waals surface area contributed by atoms with E-state index in [0.717, 1.165) is 26.1 Å². The smallest absolute Gasteiger partial charge is 0.335 e. The van der Waals surface area contributed by atoms with Gasteiger partial charge in [0.2, 0.25) is 11.8 Å². The van der Waals surface area contributed by atoms with Gasteiger partial charge < -0.3 is 5.11 Å². The van der Waals surface area contributed by atoms with E-state index < -0.39 is 17.1 Å². The molecule has 1 aliphatic rings. The molecule has 1 aliphatic heterocycles. The van der Waals surface area contributed by atoms with Crippen molar-refractivity contribution >= 4 is 23.0 Å². The molecular formula is C23H24N4O4S. The SMILES string of the molecule is CCC(=O)N1N=C(c2c(O)n(-c3cc(C)cc(C)c3)c(=O)[nH]c2=O)CC1c1sccc1C. The number of hydrogen-bond donors (Lipinski definition) is 2. The number of aromatic hydroxyl groups is 1. The van der Waals surface area contributed by atoms with Gasteiger partial charge in [-0.05, 0) is 61.0 Å². The summed E-state index contributed by atoms with van der Waals surface area (Å²) in [6.45, 7) is 7.48. The van der Waals surface area contributed by atoms with Gasteiger partial charge in [0.1, 0.15) is 5.56 Å². The van der Waals surface area contributed by atoms with E-state index in [0.29, 0.717) is 5.69 Å². The number of amides is 1. The molecule has 1 amide bonds. The lowest BCUT2D eigenvalue weighted by Crippen LogP contribution is -2.33. The van der Waals surface area contributed by atoms with Gasteiger partial charge in [0.05, 0.1) is 17.4 Å². The number of hydrogen-bond acceptors (Lipinski definition) is 6. The van der Waals surface area contributed by atoms with Crippen molar-refractivity contribution in [3.8, 4) is 11.6 Å². The van der Waals surface area contributed by atoms with Crippen LogP contribution in [0, 0.1) is 20.8 Å². The maximum atomic E-state index is 12.8. The largest absolute Gasteiger partial charge is 0.493 e. The Morgan fingerprint density at radius 1 is 1.22 bits per heavy atom. The van der Waals surface area contributed by atoms with Crippen LogP contribution in [0.5, 0.6) is 5.88 Å². The lowest BCUT2D eigenvalue weighted by molar-refractivity contribution is -0.132. The molecule has 2 N–H and O–H groups in total. The monoisotopic (exact) mass is 452 g/mol. The van der Waals surface area contributed by atoms with Crippen LogP contribution < -0.4 is 11.2 Å². The first-order valence-corrected chi connectivity index (χ1v) is 11.2. The molecule has 0 aliphatic carbocycles. The summed E-state index contributed by atoms with van der Waals surface area (Å²) in [5.41, 5.74) is 1.97. The molecule has 0 fully saturated rings. The first-order valence-electron chi connectivity index (χ1n) is 10.3. The van der Waals surface area contributed by atoms with Crippen LogP contribution in [0.4, 0.5) is 0 Å². The summed E-state index contributed by atoms with van der Waals surface area (Å²) < 4.78 is 1.06. The number of benzene rings is 1. The number of nitrogens with zero attached hydrogens (tertiary/aromatic N) is 3. The van der Waals surface area contributed by atoms with Gasteiger partial charge in [-0.25, -0.2) is 14.4 Å². The summed E-state index contributed by atoms with van der Waals surface area (Å²) in [6.07, 6.45) is 0.511. The number of carbonyl (C=O) groups is 1. The molecule has 1 aromatic carbocycles. The predicted molar refractivity (Wildman–Crippen MR) is 124 cm³/mol. The molecule has 3 heterocycles. The van der Waals surface area contributed by atoms with E-state index in [9.17, 15) is 19.5 Å². The normalized spacial score (nSPS) is 15.8. The Bertz CT molecular complexity index is 1340. The van der Waals surface area contributed by atoms with Crippen molar-refractivity contribution in [3.05, 3.63) is 77.6 Å². The van der Waals surface area contributed by atoms with Gasteiger partial charge in [0.25, 0.3) is 5.56 Å². The molecule has 166 valence electrons. The van der Waals surface area contributed by atoms with Crippen LogP contribution in [0.1, 0.15) is 52.9 Å². The lowest BCUT2D eigenvalue weighted by Gasteiger charge is -2.20. The molecule has 32 heavy (non-hydrogen) atoms. The summed E-state index contributed by atoms with van der Waals surface area (Å²) in [5, 5.41) is 18.8. The fourth-order valence-electron chi connectivity index (χ4n) is 4.09. The molecule has 1 unspecified atom stereocenters. The fourth-order valence-corrected chi connectivity index (χ4v) is 5.10. The Morgan fingerprint density at radius 2 is 1.91 bits per heavy atom. The lowest BCUT2D eigenvalue weighted by atomic mass is 10.0. The minimum atomic E-state index is -0.744. The molecule has 0 radical (unpaired) electrons. The van der Waals surface area contributed by atoms with Crippen molar-refractivity contribution in [1.82, 2.24) is 14.6 Å². The van der Waals surface area contributed by atoms with E-state index in [1.807, 2.05) is 38.3 Å².